The van der Waals surface area contributed by atoms with E-state index >= 15 is 0 Å². The van der Waals surface area contributed by atoms with E-state index in [0.717, 1.165) is 0 Å². The van der Waals surface area contributed by atoms with Crippen LogP contribution in [0.25, 0.3) is 0 Å². The van der Waals surface area contributed by atoms with E-state index in [1.807, 2.05) is 0 Å². The summed E-state index contributed by atoms with van der Waals surface area (Å²) in [5.74, 6) is -1.28. The largest absolute Gasteiger partial charge is 0.481 e. The van der Waals surface area contributed by atoms with E-state index in [2.05, 4.69) is 5.32 Å². The number of hydrogen-bond acceptors (Lipinski definition) is 5. The van der Waals surface area contributed by atoms with Gasteiger partial charge in [0.05, 0.1) is 25.7 Å². The molecule has 0 rings (SSSR count). The highest BCUT2D eigenvalue weighted by Gasteiger charge is 2.13. The fourth-order valence-electron chi connectivity index (χ4n) is 1.02. The summed E-state index contributed by atoms with van der Waals surface area (Å²) in [6, 6.07) is 0. The monoisotopic (exact) mass is 249 g/mol. The van der Waals surface area contributed by atoms with E-state index in [1.165, 1.54) is 7.11 Å². The topological polar surface area (TPSA) is 94.1 Å². The maximum Gasteiger partial charge on any atom is 0.306 e. The molecule has 0 saturated heterocycles. The highest BCUT2D eigenvalue weighted by Crippen LogP contribution is 1.95. The van der Waals surface area contributed by atoms with Crippen LogP contribution >= 0.6 is 0 Å². The Balaban J connectivity index is 3.62. The van der Waals surface area contributed by atoms with Gasteiger partial charge < -0.3 is 24.6 Å². The third-order valence-electron chi connectivity index (χ3n) is 1.93. The first-order valence-corrected chi connectivity index (χ1v) is 5.18. The van der Waals surface area contributed by atoms with Crippen molar-refractivity contribution in [3.8, 4) is 0 Å². The minimum atomic E-state index is -0.970. The second-order valence-corrected chi connectivity index (χ2v) is 3.31. The molecule has 0 aliphatic heterocycles. The Morgan fingerprint density at radius 2 is 2.00 bits per heavy atom. The van der Waals surface area contributed by atoms with Gasteiger partial charge in [-0.05, 0) is 0 Å². The summed E-state index contributed by atoms with van der Waals surface area (Å²) < 4.78 is 14.6. The van der Waals surface area contributed by atoms with Crippen LogP contribution in [0.2, 0.25) is 0 Å². The summed E-state index contributed by atoms with van der Waals surface area (Å²) >= 11 is 0. The zero-order valence-electron chi connectivity index (χ0n) is 10.1. The number of carboxylic acids is 1. The average molecular weight is 249 g/mol. The predicted molar refractivity (Wildman–Crippen MR) is 58.8 cm³/mol. The number of nitrogens with one attached hydrogen (secondary N) is 1. The van der Waals surface area contributed by atoms with Crippen molar-refractivity contribution in [1.82, 2.24) is 5.32 Å². The number of amides is 1. The highest BCUT2D eigenvalue weighted by atomic mass is 16.5. The van der Waals surface area contributed by atoms with E-state index in [9.17, 15) is 9.59 Å². The second-order valence-electron chi connectivity index (χ2n) is 3.31. The first kappa shape index (κ1) is 15.8. The molecule has 0 aromatic carbocycles. The van der Waals surface area contributed by atoms with Crippen LogP contribution in [0.4, 0.5) is 0 Å². The number of rotatable bonds is 10. The quantitative estimate of drug-likeness (QED) is 0.495. The van der Waals surface area contributed by atoms with E-state index < -0.39 is 12.1 Å². The fraction of sp³-hybridized carbons (Fsp3) is 0.800. The van der Waals surface area contributed by atoms with Crippen LogP contribution in [0, 0.1) is 0 Å². The van der Waals surface area contributed by atoms with Gasteiger partial charge in [-0.15, -0.1) is 0 Å². The number of aliphatic carboxylic acids is 1. The first-order chi connectivity index (χ1) is 8.10. The Morgan fingerprint density at radius 1 is 1.29 bits per heavy atom. The van der Waals surface area contributed by atoms with Crippen molar-refractivity contribution in [2.24, 2.45) is 0 Å². The Bertz CT molecular complexity index is 233. The van der Waals surface area contributed by atoms with Crippen molar-refractivity contribution in [3.63, 3.8) is 0 Å². The highest BCUT2D eigenvalue weighted by molar-refractivity contribution is 5.77. The summed E-state index contributed by atoms with van der Waals surface area (Å²) in [6.07, 6.45) is -0.683. The van der Waals surface area contributed by atoms with Gasteiger partial charge in [0.2, 0.25) is 5.91 Å². The summed E-state index contributed by atoms with van der Waals surface area (Å²) in [5.41, 5.74) is 0. The molecule has 0 heterocycles. The minimum Gasteiger partial charge on any atom is -0.481 e. The second kappa shape index (κ2) is 10.0. The standard InChI is InChI=1S/C10H19NO6/c1-15-3-4-17-7-9(12)11-6-8(16-2)5-10(13)14/h8H,3-7H2,1-2H3,(H,11,12)(H,13,14). The van der Waals surface area contributed by atoms with E-state index in [4.69, 9.17) is 19.3 Å². The molecule has 1 atom stereocenters. The molecule has 0 aliphatic rings. The molecule has 0 aliphatic carbocycles. The van der Waals surface area contributed by atoms with Gasteiger partial charge in [0.15, 0.2) is 0 Å². The molecule has 0 aromatic heterocycles. The van der Waals surface area contributed by atoms with Crippen LogP contribution in [0.5, 0.6) is 0 Å². The zero-order valence-corrected chi connectivity index (χ0v) is 10.1. The van der Waals surface area contributed by atoms with Crippen LogP contribution in [-0.2, 0) is 23.8 Å². The molecule has 17 heavy (non-hydrogen) atoms. The lowest BCUT2D eigenvalue weighted by Crippen LogP contribution is -2.36. The molecule has 1 amide bonds. The molecular weight excluding hydrogens is 230 g/mol. The van der Waals surface area contributed by atoms with Gasteiger partial charge in [-0.1, -0.05) is 0 Å². The minimum absolute atomic E-state index is 0.0765. The molecule has 7 heteroatoms. The van der Waals surface area contributed by atoms with Crippen molar-refractivity contribution >= 4 is 11.9 Å². The molecule has 0 spiro atoms. The van der Waals surface area contributed by atoms with Gasteiger partial charge >= 0.3 is 5.97 Å². The summed E-state index contributed by atoms with van der Waals surface area (Å²) in [6.45, 7) is 0.835. The van der Waals surface area contributed by atoms with Crippen molar-refractivity contribution in [2.75, 3.05) is 40.6 Å². The number of carbonyl (C=O) groups is 2. The van der Waals surface area contributed by atoms with Crippen molar-refractivity contribution in [1.29, 1.82) is 0 Å². The van der Waals surface area contributed by atoms with Crippen LogP contribution in [-0.4, -0.2) is 63.7 Å². The number of methoxy groups -OCH3 is 2. The van der Waals surface area contributed by atoms with Crippen LogP contribution in [0.3, 0.4) is 0 Å². The smallest absolute Gasteiger partial charge is 0.306 e. The van der Waals surface area contributed by atoms with Gasteiger partial charge in [-0.2, -0.15) is 0 Å². The van der Waals surface area contributed by atoms with Crippen molar-refractivity contribution < 1.29 is 28.9 Å². The number of ether oxygens (including phenoxy) is 3. The molecule has 7 nitrogen and oxygen atoms in total. The van der Waals surface area contributed by atoms with Gasteiger partial charge in [-0.3, -0.25) is 9.59 Å². The van der Waals surface area contributed by atoms with Gasteiger partial charge in [0.1, 0.15) is 6.61 Å². The molecule has 0 saturated carbocycles. The van der Waals surface area contributed by atoms with Crippen LogP contribution in [0.15, 0.2) is 0 Å². The third-order valence-corrected chi connectivity index (χ3v) is 1.93. The SMILES string of the molecule is COCCOCC(=O)NCC(CC(=O)O)OC. The number of carboxylic acid groups (broad SMARTS) is 1. The van der Waals surface area contributed by atoms with E-state index in [-0.39, 0.29) is 25.5 Å². The van der Waals surface area contributed by atoms with Gasteiger partial charge in [0.25, 0.3) is 0 Å². The molecule has 1 unspecified atom stereocenters. The maximum absolute atomic E-state index is 11.2. The van der Waals surface area contributed by atoms with E-state index in [1.54, 1.807) is 7.11 Å². The van der Waals surface area contributed by atoms with Gasteiger partial charge in [0, 0.05) is 20.8 Å². The maximum atomic E-state index is 11.2. The summed E-state index contributed by atoms with van der Waals surface area (Å²) in [5, 5.41) is 11.1. The summed E-state index contributed by atoms with van der Waals surface area (Å²) in [7, 11) is 2.94. The number of carbonyl (C=O) groups excluding carboxylic acids is 1. The Hall–Kier alpha value is -1.18. The lowest BCUT2D eigenvalue weighted by molar-refractivity contribution is -0.140. The number of hydrogen-bond donors (Lipinski definition) is 2. The molecule has 0 fully saturated rings. The third kappa shape index (κ3) is 9.73. The van der Waals surface area contributed by atoms with Crippen LogP contribution in [0.1, 0.15) is 6.42 Å². The van der Waals surface area contributed by atoms with E-state index in [0.29, 0.717) is 13.2 Å². The molecule has 2 N–H and O–H groups in total. The van der Waals surface area contributed by atoms with Crippen molar-refractivity contribution in [2.45, 2.75) is 12.5 Å². The lowest BCUT2D eigenvalue weighted by atomic mass is 10.2. The molecule has 0 bridgehead atoms. The van der Waals surface area contributed by atoms with Gasteiger partial charge in [-0.25, -0.2) is 0 Å². The zero-order chi connectivity index (χ0) is 13.1. The molecule has 100 valence electrons. The average Bonchev–Trinajstić information content (AvgIpc) is 2.29. The fourth-order valence-corrected chi connectivity index (χ4v) is 1.02. The molecular formula is C10H19NO6. The Morgan fingerprint density at radius 3 is 2.53 bits per heavy atom. The summed E-state index contributed by atoms with van der Waals surface area (Å²) in [4.78, 5) is 21.7. The molecule has 0 radical (unpaired) electrons. The lowest BCUT2D eigenvalue weighted by Gasteiger charge is -2.13. The molecule has 0 aromatic rings. The Kier molecular flexibility index (Phi) is 9.31. The first-order valence-electron chi connectivity index (χ1n) is 5.18. The Labute approximate surface area is 100 Å². The normalized spacial score (nSPS) is 12.1. The predicted octanol–water partition coefficient (Wildman–Crippen LogP) is -0.745. The van der Waals surface area contributed by atoms with Crippen molar-refractivity contribution in [3.05, 3.63) is 0 Å². The van der Waals surface area contributed by atoms with Crippen LogP contribution < -0.4 is 5.32 Å².